The number of likely N-dealkylation sites (tertiary alicyclic amines) is 1. The van der Waals surface area contributed by atoms with Gasteiger partial charge in [0, 0.05) is 36.6 Å². The summed E-state index contributed by atoms with van der Waals surface area (Å²) in [5.41, 5.74) is -1.04. The van der Waals surface area contributed by atoms with Crippen molar-refractivity contribution in [1.29, 1.82) is 0 Å². The highest BCUT2D eigenvalue weighted by Crippen LogP contribution is 2.32. The Morgan fingerprint density at radius 2 is 1.74 bits per heavy atom. The van der Waals surface area contributed by atoms with Crippen LogP contribution in [-0.4, -0.2) is 72.3 Å². The van der Waals surface area contributed by atoms with Gasteiger partial charge in [0.05, 0.1) is 17.7 Å². The maximum absolute atomic E-state index is 13.9. The highest BCUT2D eigenvalue weighted by atomic mass is 19.4. The Morgan fingerprint density at radius 1 is 1.07 bits per heavy atom. The number of aromatic hydroxyl groups is 1. The minimum absolute atomic E-state index is 0.00400. The van der Waals surface area contributed by atoms with E-state index in [9.17, 15) is 46.5 Å². The number of carbonyl (C=O) groups excluding carboxylic acids is 2. The zero-order chi connectivity index (χ0) is 33.3. The zero-order valence-corrected chi connectivity index (χ0v) is 24.2. The second-order valence-electron chi connectivity index (χ2n) is 10.6. The molecule has 3 heterocycles. The Balaban J connectivity index is 1.42. The number of hydrogen-bond acceptors (Lipinski definition) is 8. The fraction of sp³-hybridized carbons (Fsp3) is 0.345. The third-order valence-electron chi connectivity index (χ3n) is 7.73. The summed E-state index contributed by atoms with van der Waals surface area (Å²) in [5, 5.41) is 28.6. The number of fused-ring (bicyclic) bond motifs is 1. The summed E-state index contributed by atoms with van der Waals surface area (Å²) in [7, 11) is 0. The Kier molecular flexibility index (Phi) is 8.96. The first-order valence-electron chi connectivity index (χ1n) is 14.1. The van der Waals surface area contributed by atoms with Gasteiger partial charge in [0.15, 0.2) is 11.6 Å². The van der Waals surface area contributed by atoms with Crippen molar-refractivity contribution in [3.05, 3.63) is 80.8 Å². The maximum Gasteiger partial charge on any atom is 0.416 e. The predicted molar refractivity (Wildman–Crippen MR) is 154 cm³/mol. The van der Waals surface area contributed by atoms with Crippen LogP contribution in [0.15, 0.2) is 41.2 Å². The Hall–Kier alpha value is -5.06. The highest BCUT2D eigenvalue weighted by Gasteiger charge is 2.32. The van der Waals surface area contributed by atoms with Crippen LogP contribution in [0, 0.1) is 18.6 Å². The van der Waals surface area contributed by atoms with Crippen molar-refractivity contribution >= 4 is 29.2 Å². The van der Waals surface area contributed by atoms with Crippen LogP contribution in [0.25, 0.3) is 5.78 Å². The first-order valence-corrected chi connectivity index (χ1v) is 14.1. The SMILES string of the molecule is Cc1c(C2CCN(C(=O)c3ccc(F)c(F)c3O)CC2)c(=O)n2nc(NCCO)nc2n1CC(=O)Nc1ccc(C(F)(F)F)cc1. The van der Waals surface area contributed by atoms with Gasteiger partial charge in [-0.05, 0) is 62.1 Å². The summed E-state index contributed by atoms with van der Waals surface area (Å²) in [6, 6.07) is 5.62. The lowest BCUT2D eigenvalue weighted by molar-refractivity contribution is -0.137. The lowest BCUT2D eigenvalue weighted by atomic mass is 9.88. The molecule has 4 aromatic rings. The van der Waals surface area contributed by atoms with Gasteiger partial charge in [-0.25, -0.2) is 4.39 Å². The van der Waals surface area contributed by atoms with E-state index in [0.29, 0.717) is 5.69 Å². The lowest BCUT2D eigenvalue weighted by Gasteiger charge is -2.33. The van der Waals surface area contributed by atoms with E-state index in [-0.39, 0.29) is 62.1 Å². The van der Waals surface area contributed by atoms with Crippen molar-refractivity contribution in [2.45, 2.75) is 38.4 Å². The number of amides is 2. The Bertz CT molecular complexity index is 1850. The number of piperidine rings is 1. The molecule has 0 atom stereocenters. The number of hydrogen-bond donors (Lipinski definition) is 4. The van der Waals surface area contributed by atoms with E-state index in [1.54, 1.807) is 6.92 Å². The second-order valence-corrected chi connectivity index (χ2v) is 10.6. The minimum Gasteiger partial charge on any atom is -0.504 e. The molecule has 0 radical (unpaired) electrons. The van der Waals surface area contributed by atoms with Gasteiger partial charge in [0.2, 0.25) is 23.5 Å². The summed E-state index contributed by atoms with van der Waals surface area (Å²) in [6.07, 6.45) is -4.02. The Morgan fingerprint density at radius 3 is 2.37 bits per heavy atom. The molecule has 2 amide bonds. The van der Waals surface area contributed by atoms with Crippen molar-refractivity contribution in [2.24, 2.45) is 0 Å². The lowest BCUT2D eigenvalue weighted by Crippen LogP contribution is -2.40. The molecule has 5 rings (SSSR count). The van der Waals surface area contributed by atoms with E-state index in [1.807, 2.05) is 0 Å². The summed E-state index contributed by atoms with van der Waals surface area (Å²) >= 11 is 0. The van der Waals surface area contributed by atoms with Crippen LogP contribution >= 0.6 is 0 Å². The smallest absolute Gasteiger partial charge is 0.416 e. The number of nitrogens with zero attached hydrogens (tertiary/aromatic N) is 5. The number of aliphatic hydroxyl groups excluding tert-OH is 1. The number of phenolic OH excluding ortho intramolecular Hbond substituents is 1. The van der Waals surface area contributed by atoms with Gasteiger partial charge in [-0.2, -0.15) is 27.1 Å². The van der Waals surface area contributed by atoms with Crippen LogP contribution in [0.5, 0.6) is 5.75 Å². The third kappa shape index (κ3) is 6.35. The molecule has 1 fully saturated rings. The summed E-state index contributed by atoms with van der Waals surface area (Å²) in [5.74, 6) is -5.69. The Labute approximate surface area is 257 Å². The van der Waals surface area contributed by atoms with E-state index in [1.165, 1.54) is 9.47 Å². The minimum atomic E-state index is -4.54. The number of alkyl halides is 3. The van der Waals surface area contributed by atoms with Crippen LogP contribution in [0.4, 0.5) is 33.6 Å². The van der Waals surface area contributed by atoms with E-state index in [2.05, 4.69) is 20.7 Å². The monoisotopic (exact) mass is 649 g/mol. The molecule has 0 aliphatic carbocycles. The van der Waals surface area contributed by atoms with Crippen molar-refractivity contribution in [3.8, 4) is 5.75 Å². The van der Waals surface area contributed by atoms with Crippen LogP contribution in [0.2, 0.25) is 0 Å². The number of aromatic nitrogens is 4. The molecule has 4 N–H and O–H groups in total. The molecule has 0 unspecified atom stereocenters. The van der Waals surface area contributed by atoms with Crippen molar-refractivity contribution in [3.63, 3.8) is 0 Å². The molecule has 1 saturated heterocycles. The van der Waals surface area contributed by atoms with Gasteiger partial charge >= 0.3 is 6.18 Å². The zero-order valence-electron chi connectivity index (χ0n) is 24.2. The number of carbonyl (C=O) groups is 2. The van der Waals surface area contributed by atoms with E-state index < -0.39 is 64.5 Å². The molecule has 2 aromatic carbocycles. The van der Waals surface area contributed by atoms with E-state index in [0.717, 1.165) is 40.9 Å². The number of anilines is 2. The van der Waals surface area contributed by atoms with Gasteiger partial charge < -0.3 is 30.3 Å². The van der Waals surface area contributed by atoms with E-state index in [4.69, 9.17) is 0 Å². The topological polar surface area (TPSA) is 154 Å². The number of rotatable bonds is 8. The van der Waals surface area contributed by atoms with Crippen LogP contribution in [0.3, 0.4) is 0 Å². The van der Waals surface area contributed by atoms with Crippen LogP contribution in [0.1, 0.15) is 45.9 Å². The molecule has 244 valence electrons. The van der Waals surface area contributed by atoms with Crippen molar-refractivity contribution in [1.82, 2.24) is 24.1 Å². The number of aliphatic hydroxyl groups is 1. The molecule has 2 aromatic heterocycles. The summed E-state index contributed by atoms with van der Waals surface area (Å²) < 4.78 is 68.6. The number of benzene rings is 2. The first kappa shape index (κ1) is 32.3. The number of halogens is 5. The fourth-order valence-corrected chi connectivity index (χ4v) is 5.42. The summed E-state index contributed by atoms with van der Waals surface area (Å²) in [6.45, 7) is 1.25. The quantitative estimate of drug-likeness (QED) is 0.212. The molecule has 0 bridgehead atoms. The molecule has 17 heteroatoms. The molecule has 12 nitrogen and oxygen atoms in total. The molecule has 0 saturated carbocycles. The predicted octanol–water partition coefficient (Wildman–Crippen LogP) is 3.26. The maximum atomic E-state index is 13.9. The average Bonchev–Trinajstić information content (AvgIpc) is 3.45. The van der Waals surface area contributed by atoms with E-state index >= 15 is 0 Å². The molecule has 0 spiro atoms. The van der Waals surface area contributed by atoms with Gasteiger partial charge in [-0.3, -0.25) is 14.4 Å². The number of nitrogens with one attached hydrogen (secondary N) is 2. The molecule has 46 heavy (non-hydrogen) atoms. The van der Waals surface area contributed by atoms with Gasteiger partial charge in [-0.15, -0.1) is 5.10 Å². The average molecular weight is 650 g/mol. The molecular formula is C29H28F5N7O5. The number of phenols is 1. The van der Waals surface area contributed by atoms with Crippen molar-refractivity contribution < 1.29 is 41.8 Å². The standard InChI is InChI=1S/C29H28F5N7O5/c1-15-22(16-8-11-39(12-9-16)25(45)19-6-7-20(30)23(31)24(19)44)26(46)41-28(37-27(38-41)35-10-13-42)40(15)14-21(43)36-18-4-2-17(3-5-18)29(32,33)34/h2-7,16,42,44H,8-14H2,1H3,(H,35,38)(H,36,43). The molecule has 1 aliphatic heterocycles. The third-order valence-corrected chi connectivity index (χ3v) is 7.73. The van der Waals surface area contributed by atoms with Crippen LogP contribution < -0.4 is 16.2 Å². The molecular weight excluding hydrogens is 621 g/mol. The normalized spacial score (nSPS) is 14.1. The fourth-order valence-electron chi connectivity index (χ4n) is 5.42. The summed E-state index contributed by atoms with van der Waals surface area (Å²) in [4.78, 5) is 45.4. The molecule has 1 aliphatic rings. The van der Waals surface area contributed by atoms with Crippen LogP contribution in [-0.2, 0) is 17.5 Å². The highest BCUT2D eigenvalue weighted by molar-refractivity contribution is 5.97. The van der Waals surface area contributed by atoms with Gasteiger partial charge in [-0.1, -0.05) is 0 Å². The van der Waals surface area contributed by atoms with Gasteiger partial charge in [0.1, 0.15) is 6.54 Å². The second kappa shape index (κ2) is 12.7. The van der Waals surface area contributed by atoms with Crippen molar-refractivity contribution in [2.75, 3.05) is 36.9 Å². The van der Waals surface area contributed by atoms with Gasteiger partial charge in [0.25, 0.3) is 11.5 Å². The first-order chi connectivity index (χ1) is 21.8. The largest absolute Gasteiger partial charge is 0.504 e.